The number of ether oxygens (including phenoxy) is 2. The van der Waals surface area contributed by atoms with Gasteiger partial charge >= 0.3 is 0 Å². The molecule has 0 bridgehead atoms. The lowest BCUT2D eigenvalue weighted by atomic mass is 10.1. The first-order valence-corrected chi connectivity index (χ1v) is 11.2. The fraction of sp³-hybridized carbons (Fsp3) is 0.185. The van der Waals surface area contributed by atoms with Gasteiger partial charge in [0.15, 0.2) is 0 Å². The number of rotatable bonds is 11. The topological polar surface area (TPSA) is 131 Å². The molecule has 0 unspecified atom stereocenters. The van der Waals surface area contributed by atoms with Crippen LogP contribution in [0, 0.1) is 10.8 Å². The minimum Gasteiger partial charge on any atom is -0.494 e. The zero-order valence-corrected chi connectivity index (χ0v) is 18.8. The Morgan fingerprint density at radius 2 is 1.38 bits per heavy atom. The maximum Gasteiger partial charge on any atom is 0.135 e. The largest absolute Gasteiger partial charge is 0.494 e. The standard InChI is InChI=1S/C27H28N4O3/c28-26(29)18-7-10-22(11-8-18)32-13-2-1-3-14-33-23-6-4-5-19(16-23)25-17-21-15-20(27(30)31)9-12-24(21)34-25/h4-12,15-17H,1-3,13-14H2,(H3,28,29)(H3,30,31). The van der Waals surface area contributed by atoms with Gasteiger partial charge in [0.1, 0.15) is 34.5 Å². The van der Waals surface area contributed by atoms with Gasteiger partial charge in [0, 0.05) is 22.1 Å². The van der Waals surface area contributed by atoms with Crippen molar-refractivity contribution in [3.63, 3.8) is 0 Å². The molecule has 1 aromatic heterocycles. The Morgan fingerprint density at radius 1 is 0.706 bits per heavy atom. The van der Waals surface area contributed by atoms with E-state index in [0.29, 0.717) is 24.3 Å². The molecule has 1 heterocycles. The van der Waals surface area contributed by atoms with Crippen LogP contribution < -0.4 is 20.9 Å². The number of nitrogens with two attached hydrogens (primary N) is 2. The molecule has 6 N–H and O–H groups in total. The maximum absolute atomic E-state index is 7.60. The van der Waals surface area contributed by atoms with Crippen LogP contribution in [0.1, 0.15) is 30.4 Å². The molecule has 34 heavy (non-hydrogen) atoms. The third-order valence-corrected chi connectivity index (χ3v) is 5.44. The molecule has 0 aliphatic rings. The number of furan rings is 1. The molecule has 0 aliphatic heterocycles. The Labute approximate surface area is 198 Å². The Bertz CT molecular complexity index is 1290. The van der Waals surface area contributed by atoms with E-state index in [1.807, 2.05) is 54.6 Å². The minimum atomic E-state index is 0.0370. The first-order chi connectivity index (χ1) is 16.5. The maximum atomic E-state index is 7.60. The molecule has 174 valence electrons. The highest BCUT2D eigenvalue weighted by Crippen LogP contribution is 2.30. The van der Waals surface area contributed by atoms with E-state index in [-0.39, 0.29) is 11.7 Å². The molecule has 0 spiro atoms. The van der Waals surface area contributed by atoms with Crippen molar-refractivity contribution >= 4 is 22.6 Å². The van der Waals surface area contributed by atoms with Gasteiger partial charge in [-0.05, 0) is 79.9 Å². The minimum absolute atomic E-state index is 0.0370. The molecule has 7 nitrogen and oxygen atoms in total. The van der Waals surface area contributed by atoms with Gasteiger partial charge in [-0.15, -0.1) is 0 Å². The van der Waals surface area contributed by atoms with Gasteiger partial charge in [-0.2, -0.15) is 0 Å². The number of amidine groups is 2. The molecule has 0 aliphatic carbocycles. The monoisotopic (exact) mass is 456 g/mol. The average molecular weight is 457 g/mol. The number of unbranched alkanes of at least 4 members (excludes halogenated alkanes) is 2. The first kappa shape index (κ1) is 22.9. The molecule has 0 fully saturated rings. The third kappa shape index (κ3) is 5.75. The molecule has 4 rings (SSSR count). The van der Waals surface area contributed by atoms with Gasteiger partial charge in [0.25, 0.3) is 0 Å². The Kier molecular flexibility index (Phi) is 7.13. The lowest BCUT2D eigenvalue weighted by Crippen LogP contribution is -2.10. The van der Waals surface area contributed by atoms with E-state index in [1.54, 1.807) is 18.2 Å². The van der Waals surface area contributed by atoms with Crippen LogP contribution in [0.15, 0.2) is 77.2 Å². The highest BCUT2D eigenvalue weighted by atomic mass is 16.5. The van der Waals surface area contributed by atoms with Crippen LogP contribution >= 0.6 is 0 Å². The summed E-state index contributed by atoms with van der Waals surface area (Å²) in [5.74, 6) is 2.41. The number of hydrogen-bond acceptors (Lipinski definition) is 5. The van der Waals surface area contributed by atoms with Crippen molar-refractivity contribution < 1.29 is 13.9 Å². The van der Waals surface area contributed by atoms with Crippen molar-refractivity contribution in [1.82, 2.24) is 0 Å². The Hall–Kier alpha value is -4.26. The van der Waals surface area contributed by atoms with Crippen LogP contribution in [0.3, 0.4) is 0 Å². The number of hydrogen-bond donors (Lipinski definition) is 4. The fourth-order valence-electron chi connectivity index (χ4n) is 3.58. The van der Waals surface area contributed by atoms with Crippen molar-refractivity contribution in [2.24, 2.45) is 11.5 Å². The number of benzene rings is 3. The van der Waals surface area contributed by atoms with E-state index in [4.69, 9.17) is 36.2 Å². The number of fused-ring (bicyclic) bond motifs is 1. The van der Waals surface area contributed by atoms with E-state index >= 15 is 0 Å². The smallest absolute Gasteiger partial charge is 0.135 e. The molecule has 4 aromatic rings. The molecule has 3 aromatic carbocycles. The molecule has 0 atom stereocenters. The van der Waals surface area contributed by atoms with Crippen molar-refractivity contribution in [2.75, 3.05) is 13.2 Å². The summed E-state index contributed by atoms with van der Waals surface area (Å²) < 4.78 is 17.6. The van der Waals surface area contributed by atoms with Crippen LogP contribution in [0.5, 0.6) is 11.5 Å². The van der Waals surface area contributed by atoms with Crippen LogP contribution in [-0.2, 0) is 0 Å². The zero-order valence-electron chi connectivity index (χ0n) is 18.8. The molecule has 0 radical (unpaired) electrons. The lowest BCUT2D eigenvalue weighted by Gasteiger charge is -2.08. The van der Waals surface area contributed by atoms with Crippen LogP contribution in [0.2, 0.25) is 0 Å². The first-order valence-electron chi connectivity index (χ1n) is 11.2. The summed E-state index contributed by atoms with van der Waals surface area (Å²) in [6, 6.07) is 22.5. The second-order valence-electron chi connectivity index (χ2n) is 8.00. The van der Waals surface area contributed by atoms with Gasteiger partial charge in [-0.1, -0.05) is 12.1 Å². The van der Waals surface area contributed by atoms with Gasteiger partial charge in [-0.3, -0.25) is 10.8 Å². The van der Waals surface area contributed by atoms with Gasteiger partial charge < -0.3 is 25.4 Å². The predicted molar refractivity (Wildman–Crippen MR) is 135 cm³/mol. The average Bonchev–Trinajstić information content (AvgIpc) is 3.27. The van der Waals surface area contributed by atoms with Crippen molar-refractivity contribution in [3.05, 3.63) is 83.9 Å². The third-order valence-electron chi connectivity index (χ3n) is 5.44. The molecule has 0 saturated heterocycles. The summed E-state index contributed by atoms with van der Waals surface area (Å²) in [6.07, 6.45) is 2.85. The fourth-order valence-corrected chi connectivity index (χ4v) is 3.58. The van der Waals surface area contributed by atoms with E-state index < -0.39 is 0 Å². The van der Waals surface area contributed by atoms with Crippen molar-refractivity contribution in [2.45, 2.75) is 19.3 Å². The number of nitrogens with one attached hydrogen (secondary N) is 2. The van der Waals surface area contributed by atoms with E-state index in [1.165, 1.54) is 0 Å². The molecular weight excluding hydrogens is 428 g/mol. The molecule has 0 amide bonds. The summed E-state index contributed by atoms with van der Waals surface area (Å²) in [5.41, 5.74) is 14.1. The predicted octanol–water partition coefficient (Wildman–Crippen LogP) is 5.30. The van der Waals surface area contributed by atoms with Gasteiger partial charge in [-0.25, -0.2) is 0 Å². The Morgan fingerprint density at radius 3 is 2.09 bits per heavy atom. The molecular formula is C27H28N4O3. The van der Waals surface area contributed by atoms with Gasteiger partial charge in [0.2, 0.25) is 0 Å². The second-order valence-corrected chi connectivity index (χ2v) is 8.00. The quantitative estimate of drug-likeness (QED) is 0.138. The zero-order chi connectivity index (χ0) is 23.9. The van der Waals surface area contributed by atoms with Crippen LogP contribution in [-0.4, -0.2) is 24.9 Å². The summed E-state index contributed by atoms with van der Waals surface area (Å²) >= 11 is 0. The normalized spacial score (nSPS) is 10.8. The lowest BCUT2D eigenvalue weighted by molar-refractivity contribution is 0.279. The van der Waals surface area contributed by atoms with E-state index in [0.717, 1.165) is 53.1 Å². The highest BCUT2D eigenvalue weighted by molar-refractivity contribution is 5.99. The number of nitrogen functional groups attached to an aromatic ring is 2. The highest BCUT2D eigenvalue weighted by Gasteiger charge is 2.09. The van der Waals surface area contributed by atoms with E-state index in [9.17, 15) is 0 Å². The van der Waals surface area contributed by atoms with Crippen LogP contribution in [0.25, 0.3) is 22.3 Å². The molecule has 7 heteroatoms. The SMILES string of the molecule is N=C(N)c1ccc(OCCCCCOc2cccc(-c3cc4cc(C(=N)N)ccc4o3)c2)cc1. The summed E-state index contributed by atoms with van der Waals surface area (Å²) in [6.45, 7) is 1.26. The van der Waals surface area contributed by atoms with Crippen molar-refractivity contribution in [1.29, 1.82) is 10.8 Å². The molecule has 0 saturated carbocycles. The van der Waals surface area contributed by atoms with E-state index in [2.05, 4.69) is 0 Å². The summed E-state index contributed by atoms with van der Waals surface area (Å²) in [5, 5.41) is 15.9. The second kappa shape index (κ2) is 10.6. The van der Waals surface area contributed by atoms with Crippen LogP contribution in [0.4, 0.5) is 0 Å². The van der Waals surface area contributed by atoms with Crippen molar-refractivity contribution in [3.8, 4) is 22.8 Å². The summed E-state index contributed by atoms with van der Waals surface area (Å²) in [7, 11) is 0. The summed E-state index contributed by atoms with van der Waals surface area (Å²) in [4.78, 5) is 0. The van der Waals surface area contributed by atoms with Gasteiger partial charge in [0.05, 0.1) is 13.2 Å². The Balaban J connectivity index is 1.23.